The Morgan fingerprint density at radius 1 is 1.25 bits per heavy atom. The van der Waals surface area contributed by atoms with Gasteiger partial charge in [0, 0.05) is 0 Å². The number of rotatable bonds is 1. The van der Waals surface area contributed by atoms with Gasteiger partial charge in [-0.3, -0.25) is 0 Å². The zero-order chi connectivity index (χ0) is 9.03. The molecule has 1 fully saturated rings. The van der Waals surface area contributed by atoms with Crippen LogP contribution >= 0.6 is 0 Å². The van der Waals surface area contributed by atoms with Crippen molar-refractivity contribution in [2.45, 2.75) is 64.4 Å². The molecule has 1 aliphatic carbocycles. The molecule has 0 radical (unpaired) electrons. The second kappa shape index (κ2) is 4.27. The van der Waals surface area contributed by atoms with E-state index in [0.717, 1.165) is 12.8 Å². The molecular formula is C11H22O. The van der Waals surface area contributed by atoms with Gasteiger partial charge in [0.1, 0.15) is 0 Å². The van der Waals surface area contributed by atoms with Gasteiger partial charge >= 0.3 is 0 Å². The first-order valence-corrected chi connectivity index (χ1v) is 5.39. The Hall–Kier alpha value is -0.0400. The predicted molar refractivity (Wildman–Crippen MR) is 52.1 cm³/mol. The van der Waals surface area contributed by atoms with Crippen molar-refractivity contribution in [1.29, 1.82) is 0 Å². The normalized spacial score (nSPS) is 38.8. The van der Waals surface area contributed by atoms with E-state index in [0.29, 0.717) is 5.92 Å². The van der Waals surface area contributed by atoms with E-state index in [-0.39, 0.29) is 5.60 Å². The van der Waals surface area contributed by atoms with Crippen LogP contribution in [0.2, 0.25) is 0 Å². The van der Waals surface area contributed by atoms with Crippen molar-refractivity contribution in [2.24, 2.45) is 5.92 Å². The first-order chi connectivity index (χ1) is 5.67. The molecule has 1 nitrogen and oxygen atoms in total. The fourth-order valence-corrected chi connectivity index (χ4v) is 2.39. The Labute approximate surface area is 76.2 Å². The van der Waals surface area contributed by atoms with Crippen LogP contribution < -0.4 is 0 Å². The van der Waals surface area contributed by atoms with Crippen LogP contribution in [0.5, 0.6) is 0 Å². The van der Waals surface area contributed by atoms with Gasteiger partial charge in [-0.15, -0.1) is 0 Å². The van der Waals surface area contributed by atoms with Crippen molar-refractivity contribution < 1.29 is 5.11 Å². The van der Waals surface area contributed by atoms with Gasteiger partial charge in [0.05, 0.1) is 5.60 Å². The molecule has 1 N–H and O–H groups in total. The molecule has 0 spiro atoms. The number of hydrogen-bond donors (Lipinski definition) is 1. The largest absolute Gasteiger partial charge is 0.390 e. The lowest BCUT2D eigenvalue weighted by Crippen LogP contribution is -2.35. The van der Waals surface area contributed by atoms with Gasteiger partial charge in [-0.25, -0.2) is 0 Å². The lowest BCUT2D eigenvalue weighted by atomic mass is 9.78. The molecule has 0 heterocycles. The van der Waals surface area contributed by atoms with Crippen LogP contribution in [0, 0.1) is 5.92 Å². The third-order valence-corrected chi connectivity index (χ3v) is 3.36. The standard InChI is InChI=1S/C11H22O/c1-3-10-8-6-4-5-7-9-11(10,2)12/h10,12H,3-9H2,1-2H3. The summed E-state index contributed by atoms with van der Waals surface area (Å²) in [5.74, 6) is 0.540. The highest BCUT2D eigenvalue weighted by Crippen LogP contribution is 2.32. The topological polar surface area (TPSA) is 20.2 Å². The Morgan fingerprint density at radius 2 is 1.92 bits per heavy atom. The van der Waals surface area contributed by atoms with Crippen LogP contribution in [0.3, 0.4) is 0 Å². The summed E-state index contributed by atoms with van der Waals surface area (Å²) in [6, 6.07) is 0. The SMILES string of the molecule is CCC1CCCCCCC1(C)O. The quantitative estimate of drug-likeness (QED) is 0.641. The second-order valence-corrected chi connectivity index (χ2v) is 4.42. The fraction of sp³-hybridized carbons (Fsp3) is 1.00. The monoisotopic (exact) mass is 170 g/mol. The van der Waals surface area contributed by atoms with E-state index in [2.05, 4.69) is 6.92 Å². The highest BCUT2D eigenvalue weighted by atomic mass is 16.3. The molecule has 0 aliphatic heterocycles. The first-order valence-electron chi connectivity index (χ1n) is 5.39. The Balaban J connectivity index is 2.52. The van der Waals surface area contributed by atoms with Crippen LogP contribution in [0.1, 0.15) is 58.8 Å². The highest BCUT2D eigenvalue weighted by molar-refractivity contribution is 4.82. The first kappa shape index (κ1) is 10.0. The molecule has 1 rings (SSSR count). The molecule has 0 saturated heterocycles. The maximum atomic E-state index is 10.1. The Bertz CT molecular complexity index is 129. The second-order valence-electron chi connectivity index (χ2n) is 4.42. The average molecular weight is 170 g/mol. The Morgan fingerprint density at radius 3 is 2.58 bits per heavy atom. The van der Waals surface area contributed by atoms with Crippen molar-refractivity contribution in [1.82, 2.24) is 0 Å². The molecule has 0 amide bonds. The summed E-state index contributed by atoms with van der Waals surface area (Å²) >= 11 is 0. The van der Waals surface area contributed by atoms with E-state index in [1.165, 1.54) is 32.1 Å². The van der Waals surface area contributed by atoms with Gasteiger partial charge < -0.3 is 5.11 Å². The van der Waals surface area contributed by atoms with Crippen molar-refractivity contribution in [3.63, 3.8) is 0 Å². The molecular weight excluding hydrogens is 148 g/mol. The van der Waals surface area contributed by atoms with E-state index in [9.17, 15) is 5.11 Å². The molecule has 72 valence electrons. The molecule has 12 heavy (non-hydrogen) atoms. The van der Waals surface area contributed by atoms with Crippen molar-refractivity contribution in [3.05, 3.63) is 0 Å². The predicted octanol–water partition coefficient (Wildman–Crippen LogP) is 3.12. The lowest BCUT2D eigenvalue weighted by Gasteiger charge is -2.34. The third-order valence-electron chi connectivity index (χ3n) is 3.36. The van der Waals surface area contributed by atoms with Gasteiger partial charge in [0.25, 0.3) is 0 Å². The van der Waals surface area contributed by atoms with Crippen LogP contribution in [0.25, 0.3) is 0 Å². The van der Waals surface area contributed by atoms with E-state index in [1.54, 1.807) is 0 Å². The van der Waals surface area contributed by atoms with Gasteiger partial charge in [0.2, 0.25) is 0 Å². The van der Waals surface area contributed by atoms with Crippen LogP contribution in [-0.4, -0.2) is 10.7 Å². The minimum absolute atomic E-state index is 0.380. The Kier molecular flexibility index (Phi) is 3.57. The summed E-state index contributed by atoms with van der Waals surface area (Å²) in [5.41, 5.74) is -0.380. The zero-order valence-electron chi connectivity index (χ0n) is 8.47. The molecule has 0 aromatic rings. The third kappa shape index (κ3) is 2.48. The van der Waals surface area contributed by atoms with Crippen LogP contribution in [0.15, 0.2) is 0 Å². The smallest absolute Gasteiger partial charge is 0.0647 e. The van der Waals surface area contributed by atoms with Gasteiger partial charge in [-0.2, -0.15) is 0 Å². The molecule has 0 aromatic carbocycles. The van der Waals surface area contributed by atoms with Crippen molar-refractivity contribution in [3.8, 4) is 0 Å². The molecule has 1 heteroatoms. The van der Waals surface area contributed by atoms with Gasteiger partial charge in [-0.1, -0.05) is 39.0 Å². The molecule has 1 saturated carbocycles. The maximum Gasteiger partial charge on any atom is 0.0647 e. The summed E-state index contributed by atoms with van der Waals surface area (Å²) in [7, 11) is 0. The summed E-state index contributed by atoms with van der Waals surface area (Å²) in [6.45, 7) is 4.22. The average Bonchev–Trinajstić information content (AvgIpc) is 1.99. The van der Waals surface area contributed by atoms with Gasteiger partial charge in [-0.05, 0) is 25.7 Å². The maximum absolute atomic E-state index is 10.1. The van der Waals surface area contributed by atoms with Crippen LogP contribution in [-0.2, 0) is 0 Å². The minimum Gasteiger partial charge on any atom is -0.390 e. The molecule has 2 unspecified atom stereocenters. The van der Waals surface area contributed by atoms with E-state index in [1.807, 2.05) is 6.92 Å². The van der Waals surface area contributed by atoms with Gasteiger partial charge in [0.15, 0.2) is 0 Å². The molecule has 1 aliphatic rings. The summed E-state index contributed by atoms with van der Waals surface area (Å²) < 4.78 is 0. The highest BCUT2D eigenvalue weighted by Gasteiger charge is 2.30. The molecule has 0 aromatic heterocycles. The zero-order valence-corrected chi connectivity index (χ0v) is 8.47. The van der Waals surface area contributed by atoms with E-state index >= 15 is 0 Å². The summed E-state index contributed by atoms with van der Waals surface area (Å²) in [4.78, 5) is 0. The van der Waals surface area contributed by atoms with E-state index in [4.69, 9.17) is 0 Å². The van der Waals surface area contributed by atoms with Crippen LogP contribution in [0.4, 0.5) is 0 Å². The fourth-order valence-electron chi connectivity index (χ4n) is 2.39. The molecule has 2 atom stereocenters. The van der Waals surface area contributed by atoms with E-state index < -0.39 is 0 Å². The van der Waals surface area contributed by atoms with Crippen molar-refractivity contribution in [2.75, 3.05) is 0 Å². The summed E-state index contributed by atoms with van der Waals surface area (Å²) in [6.07, 6.45) is 8.57. The number of hydrogen-bond acceptors (Lipinski definition) is 1. The molecule has 0 bridgehead atoms. The van der Waals surface area contributed by atoms with Crippen molar-refractivity contribution >= 4 is 0 Å². The lowest BCUT2D eigenvalue weighted by molar-refractivity contribution is -0.0210. The minimum atomic E-state index is -0.380. The summed E-state index contributed by atoms with van der Waals surface area (Å²) in [5, 5.41) is 10.1. The number of aliphatic hydroxyl groups is 1.